The second-order valence-corrected chi connectivity index (χ2v) is 7.09. The number of phenols is 2. The maximum absolute atomic E-state index is 12.7. The number of phenolic OH excluding ortho intramolecular Hbond substituents is 2. The Bertz CT molecular complexity index is 1170. The predicted molar refractivity (Wildman–Crippen MR) is 120 cm³/mol. The SMILES string of the molecule is C=C(C)C(=O)OCCc1ccc(/N=N/c2cc(C(=O)c3ccccc3)c(O)cc2O)cc1. The van der Waals surface area contributed by atoms with Crippen LogP contribution in [0.15, 0.2) is 89.1 Å². The third kappa shape index (κ3) is 5.66. The van der Waals surface area contributed by atoms with Crippen molar-refractivity contribution in [3.63, 3.8) is 0 Å². The number of azo groups is 1. The van der Waals surface area contributed by atoms with Crippen molar-refractivity contribution in [1.82, 2.24) is 0 Å². The summed E-state index contributed by atoms with van der Waals surface area (Å²) in [6.07, 6.45) is 0.542. The standard InChI is InChI=1S/C25H22N2O5/c1-16(2)25(31)32-13-12-17-8-10-19(11-9-17)26-27-21-14-20(22(28)15-23(21)29)24(30)18-6-4-3-5-7-18/h3-11,14-15,28-29H,1,12-13H2,2H3/b27-26+. The lowest BCUT2D eigenvalue weighted by Crippen LogP contribution is -2.07. The Morgan fingerprint density at radius 1 is 0.938 bits per heavy atom. The summed E-state index contributed by atoms with van der Waals surface area (Å²) in [5.41, 5.74) is 2.30. The third-order valence-corrected chi connectivity index (χ3v) is 4.56. The van der Waals surface area contributed by atoms with Crippen molar-refractivity contribution in [3.8, 4) is 11.5 Å². The van der Waals surface area contributed by atoms with E-state index in [1.54, 1.807) is 49.4 Å². The number of ether oxygens (including phenoxy) is 1. The molecule has 0 saturated heterocycles. The summed E-state index contributed by atoms with van der Waals surface area (Å²) in [5.74, 6) is -1.45. The van der Waals surface area contributed by atoms with Crippen LogP contribution in [0.3, 0.4) is 0 Å². The topological polar surface area (TPSA) is 109 Å². The quantitative estimate of drug-likeness (QED) is 0.215. The van der Waals surface area contributed by atoms with Crippen molar-refractivity contribution < 1.29 is 24.5 Å². The van der Waals surface area contributed by atoms with E-state index in [9.17, 15) is 19.8 Å². The highest BCUT2D eigenvalue weighted by molar-refractivity contribution is 6.11. The van der Waals surface area contributed by atoms with Gasteiger partial charge in [-0.3, -0.25) is 4.79 Å². The Labute approximate surface area is 185 Å². The fourth-order valence-corrected chi connectivity index (χ4v) is 2.80. The van der Waals surface area contributed by atoms with Gasteiger partial charge in [0.25, 0.3) is 0 Å². The van der Waals surface area contributed by atoms with Crippen LogP contribution >= 0.6 is 0 Å². The van der Waals surface area contributed by atoms with Gasteiger partial charge in [0, 0.05) is 23.6 Å². The second-order valence-electron chi connectivity index (χ2n) is 7.09. The van der Waals surface area contributed by atoms with Crippen molar-refractivity contribution in [2.45, 2.75) is 13.3 Å². The average Bonchev–Trinajstić information content (AvgIpc) is 2.79. The van der Waals surface area contributed by atoms with E-state index >= 15 is 0 Å². The summed E-state index contributed by atoms with van der Waals surface area (Å²) in [4.78, 5) is 24.1. The highest BCUT2D eigenvalue weighted by Crippen LogP contribution is 2.35. The van der Waals surface area contributed by atoms with Gasteiger partial charge >= 0.3 is 5.97 Å². The largest absolute Gasteiger partial charge is 0.507 e. The third-order valence-electron chi connectivity index (χ3n) is 4.56. The molecule has 0 aliphatic heterocycles. The molecular weight excluding hydrogens is 408 g/mol. The van der Waals surface area contributed by atoms with E-state index < -0.39 is 11.8 Å². The molecule has 32 heavy (non-hydrogen) atoms. The molecule has 0 heterocycles. The number of benzene rings is 3. The summed E-state index contributed by atoms with van der Waals surface area (Å²) in [6.45, 7) is 5.37. The Morgan fingerprint density at radius 3 is 2.28 bits per heavy atom. The first-order valence-corrected chi connectivity index (χ1v) is 9.84. The smallest absolute Gasteiger partial charge is 0.333 e. The summed E-state index contributed by atoms with van der Waals surface area (Å²) >= 11 is 0. The first-order valence-electron chi connectivity index (χ1n) is 9.84. The number of carbonyl (C=O) groups excluding carboxylic acids is 2. The van der Waals surface area contributed by atoms with Gasteiger partial charge in [0.2, 0.25) is 0 Å². The second kappa shape index (κ2) is 10.2. The van der Waals surface area contributed by atoms with E-state index in [2.05, 4.69) is 16.8 Å². The van der Waals surface area contributed by atoms with Crippen LogP contribution in [0.2, 0.25) is 0 Å². The molecule has 0 atom stereocenters. The lowest BCUT2D eigenvalue weighted by molar-refractivity contribution is -0.138. The molecule has 0 aromatic heterocycles. The van der Waals surface area contributed by atoms with Crippen LogP contribution in [0.4, 0.5) is 11.4 Å². The van der Waals surface area contributed by atoms with Gasteiger partial charge in [-0.15, -0.1) is 5.11 Å². The van der Waals surface area contributed by atoms with Gasteiger partial charge in [-0.25, -0.2) is 4.79 Å². The Kier molecular flexibility index (Phi) is 7.13. The number of ketones is 1. The number of carbonyl (C=O) groups is 2. The van der Waals surface area contributed by atoms with E-state index in [-0.39, 0.29) is 29.4 Å². The van der Waals surface area contributed by atoms with Crippen LogP contribution in [0.5, 0.6) is 11.5 Å². The van der Waals surface area contributed by atoms with E-state index in [0.29, 0.717) is 23.2 Å². The molecule has 0 fully saturated rings. The number of hydrogen-bond donors (Lipinski definition) is 2. The number of rotatable bonds is 8. The van der Waals surface area contributed by atoms with Gasteiger partial charge in [0.05, 0.1) is 17.9 Å². The van der Waals surface area contributed by atoms with Gasteiger partial charge in [0.15, 0.2) is 5.78 Å². The first-order chi connectivity index (χ1) is 15.3. The molecule has 2 N–H and O–H groups in total. The molecule has 0 unspecified atom stereocenters. The summed E-state index contributed by atoms with van der Waals surface area (Å²) < 4.78 is 5.07. The van der Waals surface area contributed by atoms with E-state index in [1.165, 1.54) is 6.07 Å². The molecule has 0 aliphatic carbocycles. The lowest BCUT2D eigenvalue weighted by Gasteiger charge is -2.07. The summed E-state index contributed by atoms with van der Waals surface area (Å²) in [5, 5.41) is 28.3. The van der Waals surface area contributed by atoms with Crippen molar-refractivity contribution >= 4 is 23.1 Å². The van der Waals surface area contributed by atoms with E-state index in [0.717, 1.165) is 11.6 Å². The van der Waals surface area contributed by atoms with Crippen molar-refractivity contribution in [2.24, 2.45) is 10.2 Å². The Hall–Kier alpha value is -4.26. The van der Waals surface area contributed by atoms with Gasteiger partial charge in [0.1, 0.15) is 17.2 Å². The zero-order valence-corrected chi connectivity index (χ0v) is 17.5. The molecule has 0 bridgehead atoms. The molecule has 7 nitrogen and oxygen atoms in total. The van der Waals surface area contributed by atoms with Crippen LogP contribution in [0.25, 0.3) is 0 Å². The average molecular weight is 430 g/mol. The normalized spacial score (nSPS) is 10.8. The number of esters is 1. The minimum Gasteiger partial charge on any atom is -0.507 e. The zero-order valence-electron chi connectivity index (χ0n) is 17.5. The summed E-state index contributed by atoms with van der Waals surface area (Å²) in [6, 6.07) is 18.0. The van der Waals surface area contributed by atoms with Gasteiger partial charge < -0.3 is 14.9 Å². The molecule has 3 rings (SSSR count). The number of hydrogen-bond acceptors (Lipinski definition) is 7. The molecule has 0 radical (unpaired) electrons. The molecule has 3 aromatic rings. The lowest BCUT2D eigenvalue weighted by atomic mass is 10.0. The highest BCUT2D eigenvalue weighted by Gasteiger charge is 2.17. The van der Waals surface area contributed by atoms with E-state index in [4.69, 9.17) is 4.74 Å². The minimum absolute atomic E-state index is 0.0163. The van der Waals surface area contributed by atoms with Gasteiger partial charge in [-0.05, 0) is 30.7 Å². The predicted octanol–water partition coefficient (Wildman–Crippen LogP) is 5.41. The summed E-state index contributed by atoms with van der Waals surface area (Å²) in [7, 11) is 0. The van der Waals surface area contributed by atoms with Crippen molar-refractivity contribution in [3.05, 3.63) is 95.6 Å². The van der Waals surface area contributed by atoms with Crippen molar-refractivity contribution in [2.75, 3.05) is 6.61 Å². The molecule has 7 heteroatoms. The molecule has 162 valence electrons. The van der Waals surface area contributed by atoms with E-state index in [1.807, 2.05) is 12.1 Å². The molecule has 0 saturated carbocycles. The zero-order chi connectivity index (χ0) is 23.1. The Morgan fingerprint density at radius 2 is 1.62 bits per heavy atom. The molecule has 0 spiro atoms. The molecule has 0 amide bonds. The van der Waals surface area contributed by atoms with Crippen molar-refractivity contribution in [1.29, 1.82) is 0 Å². The minimum atomic E-state index is -0.422. The van der Waals surface area contributed by atoms with Crippen LogP contribution in [0, 0.1) is 0 Å². The first kappa shape index (κ1) is 22.4. The van der Waals surface area contributed by atoms with Gasteiger partial charge in [-0.1, -0.05) is 49.0 Å². The maximum atomic E-state index is 12.7. The van der Waals surface area contributed by atoms with Crippen LogP contribution in [-0.4, -0.2) is 28.6 Å². The maximum Gasteiger partial charge on any atom is 0.333 e. The molecule has 3 aromatic carbocycles. The van der Waals surface area contributed by atoms with Gasteiger partial charge in [-0.2, -0.15) is 5.11 Å². The fraction of sp³-hybridized carbons (Fsp3) is 0.120. The number of nitrogens with zero attached hydrogens (tertiary/aromatic N) is 2. The molecule has 0 aliphatic rings. The number of aromatic hydroxyl groups is 2. The fourth-order valence-electron chi connectivity index (χ4n) is 2.80. The monoisotopic (exact) mass is 430 g/mol. The highest BCUT2D eigenvalue weighted by atomic mass is 16.5. The van der Waals surface area contributed by atoms with Crippen LogP contribution in [-0.2, 0) is 16.0 Å². The van der Waals surface area contributed by atoms with Crippen LogP contribution in [0.1, 0.15) is 28.4 Å². The van der Waals surface area contributed by atoms with Crippen LogP contribution < -0.4 is 0 Å². The Balaban J connectivity index is 1.71. The molecular formula is C25H22N2O5.